The summed E-state index contributed by atoms with van der Waals surface area (Å²) in [6.07, 6.45) is 18.6. The van der Waals surface area contributed by atoms with Crippen molar-refractivity contribution in [1.29, 1.82) is 0 Å². The molecule has 3 heterocycles. The number of hydrogen-bond acceptors (Lipinski definition) is 8. The summed E-state index contributed by atoms with van der Waals surface area (Å²) >= 11 is 0. The van der Waals surface area contributed by atoms with E-state index in [9.17, 15) is 19.8 Å². The molecule has 3 fully saturated rings. The first-order valence-electron chi connectivity index (χ1n) is 20.8. The molecule has 0 aromatic rings. The fourth-order valence-corrected chi connectivity index (χ4v) is 8.70. The molecular formula is C43H73N2O8+. The molecule has 53 heavy (non-hydrogen) atoms. The summed E-state index contributed by atoms with van der Waals surface area (Å²) in [7, 11) is 3.98. The van der Waals surface area contributed by atoms with Crippen LogP contribution >= 0.6 is 0 Å². The third-order valence-corrected chi connectivity index (χ3v) is 13.0. The largest absolute Gasteiger partial charge is 0.457 e. The second kappa shape index (κ2) is 20.1. The van der Waals surface area contributed by atoms with Gasteiger partial charge < -0.3 is 33.6 Å². The monoisotopic (exact) mass is 746 g/mol. The Bertz CT molecular complexity index is 1250. The number of piperazine rings is 1. The van der Waals surface area contributed by atoms with Gasteiger partial charge in [-0.2, -0.15) is 0 Å². The molecule has 3 aliphatic heterocycles. The van der Waals surface area contributed by atoms with Gasteiger partial charge in [-0.25, -0.2) is 4.79 Å². The summed E-state index contributed by atoms with van der Waals surface area (Å²) in [6, 6.07) is 0.658. The van der Waals surface area contributed by atoms with E-state index < -0.39 is 29.9 Å². The molecule has 10 heteroatoms. The maximum absolute atomic E-state index is 13.8. The van der Waals surface area contributed by atoms with E-state index in [0.29, 0.717) is 32.0 Å². The van der Waals surface area contributed by atoms with E-state index in [1.54, 1.807) is 7.11 Å². The molecule has 0 unspecified atom stereocenters. The van der Waals surface area contributed by atoms with Crippen LogP contribution in [0.5, 0.6) is 0 Å². The zero-order valence-electron chi connectivity index (χ0n) is 34.2. The lowest BCUT2D eigenvalue weighted by Crippen LogP contribution is -2.63. The van der Waals surface area contributed by atoms with Crippen LogP contribution in [0.25, 0.3) is 0 Å². The number of aliphatic hydroxyl groups is 2. The minimum atomic E-state index is -0.918. The summed E-state index contributed by atoms with van der Waals surface area (Å²) in [5, 5.41) is 21.1. The van der Waals surface area contributed by atoms with Crippen molar-refractivity contribution in [3.63, 3.8) is 0 Å². The number of amides is 1. The van der Waals surface area contributed by atoms with E-state index in [1.807, 2.05) is 63.8 Å². The summed E-state index contributed by atoms with van der Waals surface area (Å²) in [4.78, 5) is 28.7. The number of rotatable bonds is 11. The first-order chi connectivity index (χ1) is 25.2. The summed E-state index contributed by atoms with van der Waals surface area (Å²) in [6.45, 7) is 15.2. The van der Waals surface area contributed by atoms with Crippen molar-refractivity contribution in [2.75, 3.05) is 40.3 Å². The molecule has 4 aliphatic rings. The van der Waals surface area contributed by atoms with Crippen molar-refractivity contribution in [2.24, 2.45) is 17.8 Å². The Morgan fingerprint density at radius 2 is 1.77 bits per heavy atom. The number of epoxide rings is 1. The molecule has 2 saturated heterocycles. The van der Waals surface area contributed by atoms with Gasteiger partial charge in [0.05, 0.1) is 70.1 Å². The molecule has 10 atom stereocenters. The predicted octanol–water partition coefficient (Wildman–Crippen LogP) is 7.12. The van der Waals surface area contributed by atoms with Crippen molar-refractivity contribution in [2.45, 2.75) is 167 Å². The number of hydrogen-bond donors (Lipinski definition) is 2. The fourth-order valence-electron chi connectivity index (χ4n) is 8.70. The van der Waals surface area contributed by atoms with Gasteiger partial charge in [-0.05, 0) is 82.8 Å². The highest BCUT2D eigenvalue weighted by Gasteiger charge is 2.45. The van der Waals surface area contributed by atoms with Gasteiger partial charge in [-0.1, -0.05) is 71.3 Å². The van der Waals surface area contributed by atoms with E-state index in [1.165, 1.54) is 44.9 Å². The smallest absolute Gasteiger partial charge is 0.410 e. The number of carbonyl (C=O) groups excluding carboxylic acids is 2. The van der Waals surface area contributed by atoms with Crippen molar-refractivity contribution in [3.8, 4) is 0 Å². The van der Waals surface area contributed by atoms with Crippen molar-refractivity contribution >= 4 is 12.1 Å². The predicted molar refractivity (Wildman–Crippen MR) is 208 cm³/mol. The number of esters is 1. The minimum Gasteiger partial charge on any atom is -0.457 e. The minimum absolute atomic E-state index is 0.107. The van der Waals surface area contributed by atoms with Gasteiger partial charge in [0.1, 0.15) is 11.7 Å². The van der Waals surface area contributed by atoms with Crippen LogP contribution in [0.1, 0.15) is 119 Å². The van der Waals surface area contributed by atoms with Crippen LogP contribution in [0.2, 0.25) is 0 Å². The highest BCUT2D eigenvalue weighted by atomic mass is 16.6. The molecule has 0 aromatic heterocycles. The van der Waals surface area contributed by atoms with Gasteiger partial charge in [0.25, 0.3) is 0 Å². The Balaban J connectivity index is 1.43. The molecule has 1 aliphatic carbocycles. The molecular weight excluding hydrogens is 672 g/mol. The number of cyclic esters (lactones) is 1. The number of likely N-dealkylation sites (N-methyl/N-ethyl adjacent to an activating group) is 1. The number of quaternary nitrogens is 1. The zero-order chi connectivity index (χ0) is 38.8. The molecule has 0 radical (unpaired) electrons. The molecule has 0 bridgehead atoms. The number of ether oxygens (including phenoxy) is 4. The second-order valence-corrected chi connectivity index (χ2v) is 17.3. The van der Waals surface area contributed by atoms with E-state index in [2.05, 4.69) is 20.0 Å². The maximum Gasteiger partial charge on any atom is 0.410 e. The Hall–Kier alpha value is -2.24. The Morgan fingerprint density at radius 1 is 1.11 bits per heavy atom. The third kappa shape index (κ3) is 12.4. The van der Waals surface area contributed by atoms with Crippen molar-refractivity contribution in [3.05, 3.63) is 36.0 Å². The highest BCUT2D eigenvalue weighted by molar-refractivity contribution is 5.70. The molecule has 1 amide bonds. The quantitative estimate of drug-likeness (QED) is 0.0755. The topological polar surface area (TPSA) is 118 Å². The first-order valence-corrected chi connectivity index (χ1v) is 20.8. The van der Waals surface area contributed by atoms with Crippen LogP contribution in [0, 0.1) is 17.8 Å². The lowest BCUT2D eigenvalue weighted by Gasteiger charge is -2.47. The van der Waals surface area contributed by atoms with E-state index in [0.717, 1.165) is 36.0 Å². The number of aliphatic hydroxyl groups excluding tert-OH is 2. The van der Waals surface area contributed by atoms with E-state index in [4.69, 9.17) is 18.9 Å². The van der Waals surface area contributed by atoms with Gasteiger partial charge >= 0.3 is 12.1 Å². The van der Waals surface area contributed by atoms with E-state index in [-0.39, 0.29) is 48.6 Å². The van der Waals surface area contributed by atoms with Crippen LogP contribution in [0.3, 0.4) is 0 Å². The number of nitrogens with zero attached hydrogens (tertiary/aromatic N) is 2. The molecule has 10 nitrogen and oxygen atoms in total. The Labute approximate surface area is 320 Å². The van der Waals surface area contributed by atoms with E-state index >= 15 is 0 Å². The average molecular weight is 746 g/mol. The summed E-state index contributed by atoms with van der Waals surface area (Å²) in [5.41, 5.74) is -0.0434. The van der Waals surface area contributed by atoms with Crippen LogP contribution in [0.15, 0.2) is 36.0 Å². The lowest BCUT2D eigenvalue weighted by atomic mass is 9.88. The Kier molecular flexibility index (Phi) is 16.5. The van der Waals surface area contributed by atoms with Crippen molar-refractivity contribution in [1.82, 2.24) is 4.90 Å². The summed E-state index contributed by atoms with van der Waals surface area (Å²) < 4.78 is 25.2. The van der Waals surface area contributed by atoms with Crippen LogP contribution in [0.4, 0.5) is 4.79 Å². The molecule has 302 valence electrons. The normalized spacial score (nSPS) is 34.2. The first kappa shape index (κ1) is 43.5. The molecule has 0 spiro atoms. The number of allylic oxidation sites excluding steroid dienone is 3. The average Bonchev–Trinajstić information content (AvgIpc) is 3.88. The number of carbonyl (C=O) groups is 2. The summed E-state index contributed by atoms with van der Waals surface area (Å²) in [5.74, 6) is -0.310. The fraction of sp³-hybridized carbons (Fsp3) is 0.814. The molecule has 1 saturated carbocycles. The Morgan fingerprint density at radius 3 is 2.42 bits per heavy atom. The van der Waals surface area contributed by atoms with Gasteiger partial charge in [-0.15, -0.1) is 0 Å². The van der Waals surface area contributed by atoms with Crippen LogP contribution < -0.4 is 0 Å². The van der Waals surface area contributed by atoms with Gasteiger partial charge in [-0.3, -0.25) is 9.69 Å². The van der Waals surface area contributed by atoms with Crippen LogP contribution in [-0.4, -0.2) is 120 Å². The van der Waals surface area contributed by atoms with Crippen molar-refractivity contribution < 1.29 is 43.2 Å². The lowest BCUT2D eigenvalue weighted by molar-refractivity contribution is -0.937. The number of methoxy groups -OCH3 is 1. The SMILES string of the molecule is CC[C@H](O)[C@@H](C)[C@H]1O[C@@H]1C[C@H](C)C=CC=C(C)[C@H]1OC(=O)C[C@H](O)CC[C@@](C)(OC)[C@@H](OC(=O)N2CC[N+](C)(C3CCCCCCC3)CC2)C=C[C@@H]1C. The third-order valence-electron chi connectivity index (χ3n) is 13.0. The molecule has 4 rings (SSSR count). The maximum atomic E-state index is 13.8. The zero-order valence-corrected chi connectivity index (χ0v) is 34.2. The molecule has 0 aromatic carbocycles. The second-order valence-electron chi connectivity index (χ2n) is 17.3. The van der Waals surface area contributed by atoms with Crippen LogP contribution in [-0.2, 0) is 23.7 Å². The standard InChI is InChI=1S/C43H73N2O8/c1-9-36(47)33(5)41-37(51-41)28-30(2)16-15-17-31(3)40-32(4)20-21-38(43(6,50-8)23-22-35(46)29-39(48)53-40)52-42(49)44-24-26-45(7,27-25-44)34-18-13-11-10-12-14-19-34/h15-17,20-21,30,32-38,40-41,46-47H,9-14,18-19,22-29H2,1-8H3/q+1/t30-,32+,33-,35-,36+,37-,38+,40-,41-,43-/m1/s1. The molecule has 2 N–H and O–H groups in total. The highest BCUT2D eigenvalue weighted by Crippen LogP contribution is 2.37. The van der Waals surface area contributed by atoms with Gasteiger partial charge in [0, 0.05) is 18.9 Å². The van der Waals surface area contributed by atoms with Gasteiger partial charge in [0.2, 0.25) is 0 Å². The van der Waals surface area contributed by atoms with Gasteiger partial charge in [0.15, 0.2) is 6.10 Å².